The number of amides is 2. The Morgan fingerprint density at radius 3 is 2.86 bits per heavy atom. The summed E-state index contributed by atoms with van der Waals surface area (Å²) in [5.74, 6) is 0.198. The number of aromatic nitrogens is 2. The normalized spacial score (nSPS) is 19.0. The number of hydrogen-bond acceptors (Lipinski definition) is 6. The van der Waals surface area contributed by atoms with E-state index >= 15 is 0 Å². The van der Waals surface area contributed by atoms with Crippen molar-refractivity contribution in [1.82, 2.24) is 15.0 Å². The van der Waals surface area contributed by atoms with Gasteiger partial charge >= 0.3 is 0 Å². The first-order valence-corrected chi connectivity index (χ1v) is 9.97. The molecular formula is C20H20N4O3S. The molecule has 1 N–H and O–H groups in total. The molecule has 1 aliphatic heterocycles. The second kappa shape index (κ2) is 7.55. The van der Waals surface area contributed by atoms with Crippen molar-refractivity contribution < 1.29 is 14.1 Å². The van der Waals surface area contributed by atoms with Crippen LogP contribution in [0, 0.1) is 0 Å². The molecule has 1 fully saturated rings. The molecule has 0 aliphatic carbocycles. The number of rotatable bonds is 5. The molecule has 3 aromatic rings. The molecule has 1 atom stereocenters. The van der Waals surface area contributed by atoms with Gasteiger partial charge in [0.2, 0.25) is 5.91 Å². The van der Waals surface area contributed by atoms with Crippen molar-refractivity contribution in [3.05, 3.63) is 53.7 Å². The highest BCUT2D eigenvalue weighted by molar-refractivity contribution is 7.13. The zero-order valence-electron chi connectivity index (χ0n) is 15.4. The summed E-state index contributed by atoms with van der Waals surface area (Å²) in [5.41, 5.74) is 0.637. The van der Waals surface area contributed by atoms with Gasteiger partial charge in [0.1, 0.15) is 17.0 Å². The molecule has 2 aromatic heterocycles. The van der Waals surface area contributed by atoms with Crippen LogP contribution in [0.2, 0.25) is 0 Å². The van der Waals surface area contributed by atoms with Gasteiger partial charge in [-0.15, -0.1) is 11.3 Å². The van der Waals surface area contributed by atoms with E-state index < -0.39 is 5.54 Å². The van der Waals surface area contributed by atoms with Crippen molar-refractivity contribution in [2.24, 2.45) is 0 Å². The Balaban J connectivity index is 1.64. The topological polar surface area (TPSA) is 88.3 Å². The van der Waals surface area contributed by atoms with Crippen LogP contribution in [0.5, 0.6) is 0 Å². The Hall–Kier alpha value is -3.00. The zero-order chi connectivity index (χ0) is 19.6. The number of nitrogens with one attached hydrogen (secondary N) is 1. The van der Waals surface area contributed by atoms with Gasteiger partial charge in [-0.05, 0) is 12.8 Å². The molecule has 1 saturated heterocycles. The van der Waals surface area contributed by atoms with Gasteiger partial charge in [0.25, 0.3) is 5.91 Å². The molecule has 3 heterocycles. The number of hydrogen-bond donors (Lipinski definition) is 1. The lowest BCUT2D eigenvalue weighted by molar-refractivity contribution is -0.141. The maximum absolute atomic E-state index is 13.2. The Morgan fingerprint density at radius 2 is 2.14 bits per heavy atom. The van der Waals surface area contributed by atoms with Gasteiger partial charge in [0.15, 0.2) is 5.13 Å². The molecule has 0 unspecified atom stereocenters. The van der Waals surface area contributed by atoms with Gasteiger partial charge in [-0.3, -0.25) is 14.9 Å². The van der Waals surface area contributed by atoms with E-state index in [9.17, 15) is 9.59 Å². The van der Waals surface area contributed by atoms with Crippen molar-refractivity contribution in [1.29, 1.82) is 0 Å². The lowest BCUT2D eigenvalue weighted by Crippen LogP contribution is -2.56. The first-order chi connectivity index (χ1) is 13.6. The first-order valence-electron chi connectivity index (χ1n) is 9.09. The average Bonchev–Trinajstić information content (AvgIpc) is 3.44. The third-order valence-corrected chi connectivity index (χ3v) is 5.73. The molecule has 1 aliphatic rings. The minimum Gasteiger partial charge on any atom is -0.361 e. The number of likely N-dealkylation sites (tertiary alicyclic amines) is 1. The predicted molar refractivity (Wildman–Crippen MR) is 106 cm³/mol. The highest BCUT2D eigenvalue weighted by Crippen LogP contribution is 2.35. The monoisotopic (exact) mass is 396 g/mol. The number of carbonyl (C=O) groups is 2. The Labute approximate surface area is 166 Å². The summed E-state index contributed by atoms with van der Waals surface area (Å²) in [6, 6.07) is 11.5. The summed E-state index contributed by atoms with van der Waals surface area (Å²) in [7, 11) is 0. The van der Waals surface area contributed by atoms with Crippen molar-refractivity contribution in [2.75, 3.05) is 11.9 Å². The lowest BCUT2D eigenvalue weighted by Gasteiger charge is -2.35. The number of anilines is 1. The van der Waals surface area contributed by atoms with Crippen LogP contribution in [0.4, 0.5) is 5.13 Å². The number of benzene rings is 1. The average molecular weight is 396 g/mol. The largest absolute Gasteiger partial charge is 0.361 e. The minimum atomic E-state index is -1.01. The highest BCUT2D eigenvalue weighted by Gasteiger charge is 2.49. The van der Waals surface area contributed by atoms with Crippen molar-refractivity contribution in [2.45, 2.75) is 31.7 Å². The van der Waals surface area contributed by atoms with Crippen LogP contribution in [0.3, 0.4) is 0 Å². The van der Waals surface area contributed by atoms with Gasteiger partial charge in [-0.1, -0.05) is 35.5 Å². The second-order valence-corrected chi connectivity index (χ2v) is 7.71. The van der Waals surface area contributed by atoms with Crippen molar-refractivity contribution >= 4 is 28.3 Å². The van der Waals surface area contributed by atoms with Crippen LogP contribution in [-0.4, -0.2) is 38.9 Å². The smallest absolute Gasteiger partial charge is 0.252 e. The third kappa shape index (κ3) is 3.43. The third-order valence-electron chi connectivity index (χ3n) is 5.04. The van der Waals surface area contributed by atoms with Crippen LogP contribution >= 0.6 is 11.3 Å². The molecular weight excluding hydrogens is 376 g/mol. The maximum atomic E-state index is 13.2. The van der Waals surface area contributed by atoms with Gasteiger partial charge in [-0.25, -0.2) is 4.98 Å². The standard InChI is InChI=1S/C20H20N4O3S/c1-14(25)24-10-5-8-20(24,18(26)22-19-21-9-11-28-19)13-16-12-17(23-27-16)15-6-3-2-4-7-15/h2-4,6-7,9,11-12H,5,8,10,13H2,1H3,(H,21,22,26)/t20-/m1/s1. The SMILES string of the molecule is CC(=O)N1CCC[C@@]1(Cc1cc(-c2ccccc2)no1)C(=O)Nc1nccs1. The van der Waals surface area contributed by atoms with E-state index in [0.717, 1.165) is 12.0 Å². The van der Waals surface area contributed by atoms with E-state index in [2.05, 4.69) is 15.5 Å². The van der Waals surface area contributed by atoms with Gasteiger partial charge in [-0.2, -0.15) is 0 Å². The number of thiazole rings is 1. The fraction of sp³-hybridized carbons (Fsp3) is 0.300. The summed E-state index contributed by atoms with van der Waals surface area (Å²) < 4.78 is 5.54. The Morgan fingerprint density at radius 1 is 1.32 bits per heavy atom. The Kier molecular flexibility index (Phi) is 4.95. The summed E-state index contributed by atoms with van der Waals surface area (Å²) in [6.45, 7) is 2.03. The molecule has 4 rings (SSSR count). The molecule has 0 bridgehead atoms. The summed E-state index contributed by atoms with van der Waals surface area (Å²) in [5, 5.41) is 9.31. The van der Waals surface area contributed by atoms with E-state index in [0.29, 0.717) is 29.6 Å². The molecule has 2 amide bonds. The molecule has 0 radical (unpaired) electrons. The molecule has 1 aromatic carbocycles. The van der Waals surface area contributed by atoms with Gasteiger partial charge in [0, 0.05) is 43.1 Å². The summed E-state index contributed by atoms with van der Waals surface area (Å²) in [6.07, 6.45) is 3.21. The van der Waals surface area contributed by atoms with E-state index in [1.54, 1.807) is 16.5 Å². The van der Waals surface area contributed by atoms with Crippen molar-refractivity contribution in [3.8, 4) is 11.3 Å². The molecule has 0 saturated carbocycles. The molecule has 144 valence electrons. The van der Waals surface area contributed by atoms with Crippen LogP contribution < -0.4 is 5.32 Å². The van der Waals surface area contributed by atoms with E-state index in [4.69, 9.17) is 4.52 Å². The predicted octanol–water partition coefficient (Wildman–Crippen LogP) is 3.36. The fourth-order valence-electron chi connectivity index (χ4n) is 3.77. The molecule has 0 spiro atoms. The van der Waals surface area contributed by atoms with Crippen LogP contribution in [0.15, 0.2) is 52.5 Å². The zero-order valence-corrected chi connectivity index (χ0v) is 16.2. The maximum Gasteiger partial charge on any atom is 0.252 e. The van der Waals surface area contributed by atoms with E-state index in [1.165, 1.54) is 18.3 Å². The molecule has 7 nitrogen and oxygen atoms in total. The van der Waals surface area contributed by atoms with Crippen molar-refractivity contribution in [3.63, 3.8) is 0 Å². The molecule has 28 heavy (non-hydrogen) atoms. The van der Waals surface area contributed by atoms with Gasteiger partial charge in [0.05, 0.1) is 0 Å². The fourth-order valence-corrected chi connectivity index (χ4v) is 4.29. The highest BCUT2D eigenvalue weighted by atomic mass is 32.1. The minimum absolute atomic E-state index is 0.130. The summed E-state index contributed by atoms with van der Waals surface area (Å²) in [4.78, 5) is 31.3. The first kappa shape index (κ1) is 18.4. The van der Waals surface area contributed by atoms with Crippen LogP contribution in [0.1, 0.15) is 25.5 Å². The Bertz CT molecular complexity index is 971. The number of carbonyl (C=O) groups excluding carboxylic acids is 2. The lowest BCUT2D eigenvalue weighted by atomic mass is 9.89. The quantitative estimate of drug-likeness (QED) is 0.714. The van der Waals surface area contributed by atoms with Crippen LogP contribution in [-0.2, 0) is 16.0 Å². The van der Waals surface area contributed by atoms with Crippen LogP contribution in [0.25, 0.3) is 11.3 Å². The number of nitrogens with zero attached hydrogens (tertiary/aromatic N) is 3. The second-order valence-electron chi connectivity index (χ2n) is 6.82. The molecule has 8 heteroatoms. The summed E-state index contributed by atoms with van der Waals surface area (Å²) >= 11 is 1.34. The van der Waals surface area contributed by atoms with E-state index in [-0.39, 0.29) is 18.2 Å². The van der Waals surface area contributed by atoms with Gasteiger partial charge < -0.3 is 9.42 Å². The van der Waals surface area contributed by atoms with E-state index in [1.807, 2.05) is 36.4 Å².